The molecular formula is C37H60N6O4. The molecule has 5 N–H and O–H groups in total. The molecule has 0 radical (unpaired) electrons. The molecule has 2 spiro atoms. The Morgan fingerprint density at radius 1 is 1.00 bits per heavy atom. The van der Waals surface area contributed by atoms with Gasteiger partial charge in [-0.25, -0.2) is 0 Å². The van der Waals surface area contributed by atoms with Gasteiger partial charge in [-0.1, -0.05) is 80.2 Å². The molecule has 0 bridgehead atoms. The van der Waals surface area contributed by atoms with Crippen LogP contribution in [0.15, 0.2) is 17.1 Å². The first kappa shape index (κ1) is 35.4. The molecule has 10 nitrogen and oxygen atoms in total. The molecular weight excluding hydrogens is 592 g/mol. The Kier molecular flexibility index (Phi) is 9.93. The Labute approximate surface area is 281 Å². The Hall–Kier alpha value is -2.91. The minimum Gasteiger partial charge on any atom is -0.390 e. The predicted octanol–water partition coefficient (Wildman–Crippen LogP) is 4.37. The van der Waals surface area contributed by atoms with E-state index in [0.717, 1.165) is 70.6 Å². The molecule has 1 saturated heterocycles. The minimum absolute atomic E-state index is 0.00915. The second-order valence-corrected chi connectivity index (χ2v) is 16.9. The highest BCUT2D eigenvalue weighted by atomic mass is 16.2. The maximum absolute atomic E-state index is 14.8. The van der Waals surface area contributed by atoms with Crippen LogP contribution in [0, 0.1) is 27.6 Å². The van der Waals surface area contributed by atoms with Gasteiger partial charge in [-0.05, 0) is 73.5 Å². The van der Waals surface area contributed by atoms with Crippen LogP contribution in [0.4, 0.5) is 0 Å². The lowest BCUT2D eigenvalue weighted by molar-refractivity contribution is -0.144. The summed E-state index contributed by atoms with van der Waals surface area (Å²) >= 11 is 0. The summed E-state index contributed by atoms with van der Waals surface area (Å²) < 4.78 is 0. The van der Waals surface area contributed by atoms with Crippen LogP contribution in [-0.4, -0.2) is 71.6 Å². The highest BCUT2D eigenvalue weighted by Gasteiger charge is 2.85. The van der Waals surface area contributed by atoms with Crippen molar-refractivity contribution in [2.45, 2.75) is 155 Å². The van der Waals surface area contributed by atoms with Crippen molar-refractivity contribution >= 4 is 30.0 Å². The SMILES string of the molecule is C=C(C(=O)NC1CC1)[C@H](CCC)NC(=O)[C@@H]1C[C@@]2(CN1C(=O)[C@@H](NC(=O)C(N=CN)C1CCCCC1)C(C)(C)C)C(C)(C)C21CCC1. The quantitative estimate of drug-likeness (QED) is 0.141. The zero-order valence-corrected chi connectivity index (χ0v) is 29.8. The summed E-state index contributed by atoms with van der Waals surface area (Å²) in [7, 11) is 0. The van der Waals surface area contributed by atoms with Gasteiger partial charge in [0.25, 0.3) is 0 Å². The van der Waals surface area contributed by atoms with E-state index in [9.17, 15) is 19.2 Å². The molecule has 5 rings (SSSR count). The van der Waals surface area contributed by atoms with Crippen molar-refractivity contribution in [3.8, 4) is 0 Å². The van der Waals surface area contributed by atoms with Gasteiger partial charge in [0.15, 0.2) is 0 Å². The van der Waals surface area contributed by atoms with Crippen LogP contribution in [0.5, 0.6) is 0 Å². The second kappa shape index (κ2) is 13.2. The maximum Gasteiger partial charge on any atom is 0.248 e. The lowest BCUT2D eigenvalue weighted by atomic mass is 9.73. The van der Waals surface area contributed by atoms with Crippen LogP contribution in [-0.2, 0) is 19.2 Å². The van der Waals surface area contributed by atoms with E-state index in [1.54, 1.807) is 4.90 Å². The van der Waals surface area contributed by atoms with Crippen LogP contribution in [0.1, 0.15) is 125 Å². The molecule has 1 aliphatic heterocycles. The number of amides is 4. The molecule has 0 aromatic heterocycles. The number of fused-ring (bicyclic) bond motifs is 1. The molecule has 0 aromatic carbocycles. The third kappa shape index (κ3) is 6.34. The van der Waals surface area contributed by atoms with Crippen LogP contribution in [0.25, 0.3) is 0 Å². The number of carbonyl (C=O) groups is 4. The molecule has 0 aromatic rings. The minimum atomic E-state index is -0.857. The van der Waals surface area contributed by atoms with E-state index in [1.807, 2.05) is 27.7 Å². The fourth-order valence-corrected chi connectivity index (χ4v) is 9.61. The third-order valence-corrected chi connectivity index (χ3v) is 12.9. The van der Waals surface area contributed by atoms with Crippen molar-refractivity contribution in [3.05, 3.63) is 12.2 Å². The monoisotopic (exact) mass is 652 g/mol. The van der Waals surface area contributed by atoms with E-state index in [1.165, 1.54) is 6.34 Å². The summed E-state index contributed by atoms with van der Waals surface area (Å²) in [6.07, 6.45) is 13.5. The van der Waals surface area contributed by atoms with Crippen molar-refractivity contribution in [1.82, 2.24) is 20.9 Å². The number of rotatable bonds is 12. The fraction of sp³-hybridized carbons (Fsp3) is 0.811. The average Bonchev–Trinajstić information content (AvgIpc) is 3.82. The number of hydrogen-bond acceptors (Lipinski definition) is 5. The molecule has 4 aliphatic carbocycles. The molecule has 47 heavy (non-hydrogen) atoms. The van der Waals surface area contributed by atoms with E-state index in [4.69, 9.17) is 5.73 Å². The van der Waals surface area contributed by atoms with Gasteiger partial charge in [0.1, 0.15) is 18.1 Å². The first-order valence-electron chi connectivity index (χ1n) is 18.3. The number of nitrogens with zero attached hydrogens (tertiary/aromatic N) is 2. The van der Waals surface area contributed by atoms with Crippen molar-refractivity contribution in [2.24, 2.45) is 38.3 Å². The maximum atomic E-state index is 14.8. The van der Waals surface area contributed by atoms with E-state index < -0.39 is 29.6 Å². The highest BCUT2D eigenvalue weighted by Crippen LogP contribution is 2.88. The predicted molar refractivity (Wildman–Crippen MR) is 184 cm³/mol. The zero-order chi connectivity index (χ0) is 34.4. The van der Waals surface area contributed by atoms with Gasteiger partial charge < -0.3 is 26.6 Å². The summed E-state index contributed by atoms with van der Waals surface area (Å²) in [5, 5.41) is 9.27. The summed E-state index contributed by atoms with van der Waals surface area (Å²) in [5.74, 6) is -0.916. The number of hydrogen-bond donors (Lipinski definition) is 4. The number of nitrogens with one attached hydrogen (secondary N) is 3. The van der Waals surface area contributed by atoms with Crippen molar-refractivity contribution in [2.75, 3.05) is 6.54 Å². The van der Waals surface area contributed by atoms with Crippen molar-refractivity contribution < 1.29 is 19.2 Å². The normalized spacial score (nSPS) is 28.4. The van der Waals surface area contributed by atoms with E-state index >= 15 is 0 Å². The lowest BCUT2D eigenvalue weighted by Gasteiger charge is -2.37. The first-order chi connectivity index (χ1) is 22.1. The van der Waals surface area contributed by atoms with E-state index in [0.29, 0.717) is 25.0 Å². The van der Waals surface area contributed by atoms with Gasteiger partial charge in [0.05, 0.1) is 12.4 Å². The number of carbonyl (C=O) groups excluding carboxylic acids is 4. The van der Waals surface area contributed by atoms with Crippen LogP contribution >= 0.6 is 0 Å². The van der Waals surface area contributed by atoms with Crippen LogP contribution in [0.3, 0.4) is 0 Å². The van der Waals surface area contributed by atoms with Crippen LogP contribution < -0.4 is 21.7 Å². The summed E-state index contributed by atoms with van der Waals surface area (Å²) in [5.41, 5.74) is 5.38. The second-order valence-electron chi connectivity index (χ2n) is 16.9. The Morgan fingerprint density at radius 3 is 2.17 bits per heavy atom. The number of aliphatic imine (C=N–C) groups is 1. The van der Waals surface area contributed by atoms with Gasteiger partial charge in [-0.3, -0.25) is 24.2 Å². The largest absolute Gasteiger partial charge is 0.390 e. The summed E-state index contributed by atoms with van der Waals surface area (Å²) in [6, 6.07) is -2.55. The van der Waals surface area contributed by atoms with E-state index in [-0.39, 0.29) is 51.8 Å². The smallest absolute Gasteiger partial charge is 0.248 e. The molecule has 4 saturated carbocycles. The molecule has 10 heteroatoms. The molecule has 262 valence electrons. The van der Waals surface area contributed by atoms with Crippen molar-refractivity contribution in [3.63, 3.8) is 0 Å². The average molecular weight is 653 g/mol. The molecule has 5 aliphatic rings. The van der Waals surface area contributed by atoms with Gasteiger partial charge in [0, 0.05) is 23.6 Å². The molecule has 5 atom stereocenters. The molecule has 1 heterocycles. The zero-order valence-electron chi connectivity index (χ0n) is 29.8. The number of nitrogens with two attached hydrogens (primary N) is 1. The Bertz CT molecular complexity index is 1270. The Balaban J connectivity index is 1.41. The first-order valence-corrected chi connectivity index (χ1v) is 18.3. The summed E-state index contributed by atoms with van der Waals surface area (Å²) in [4.78, 5) is 62.1. The lowest BCUT2D eigenvalue weighted by Crippen LogP contribution is -2.59. The third-order valence-electron chi connectivity index (χ3n) is 12.9. The summed E-state index contributed by atoms with van der Waals surface area (Å²) in [6.45, 7) is 17.0. The fourth-order valence-electron chi connectivity index (χ4n) is 9.61. The molecule has 5 fully saturated rings. The topological polar surface area (TPSA) is 146 Å². The van der Waals surface area contributed by atoms with Gasteiger partial charge in [0.2, 0.25) is 23.6 Å². The Morgan fingerprint density at radius 2 is 1.66 bits per heavy atom. The number of likely N-dealkylation sites (tertiary alicyclic amines) is 1. The van der Waals surface area contributed by atoms with Gasteiger partial charge in [-0.2, -0.15) is 0 Å². The van der Waals surface area contributed by atoms with E-state index in [2.05, 4.69) is 41.4 Å². The van der Waals surface area contributed by atoms with Crippen LogP contribution in [0.2, 0.25) is 0 Å². The molecule has 1 unspecified atom stereocenters. The highest BCUT2D eigenvalue weighted by molar-refractivity contribution is 5.97. The van der Waals surface area contributed by atoms with Gasteiger partial charge >= 0.3 is 0 Å². The molecule has 4 amide bonds. The van der Waals surface area contributed by atoms with Crippen molar-refractivity contribution in [1.29, 1.82) is 0 Å². The van der Waals surface area contributed by atoms with Gasteiger partial charge in [-0.15, -0.1) is 0 Å². The standard InChI is InChI=1S/C37H60N6O4/c1-8-13-26(23(2)30(44)40-25-16-17-25)41-31(45)27-20-37(35(6,7)36(37)18-12-19-36)21-43(27)33(47)29(34(3,4)5)42-32(46)28(39-22-38)24-14-10-9-11-15-24/h22,24-29H,2,8-21H2,1,3-7H3,(H2,38,39)(H,40,44)(H,41,45)(H,42,46)/t26-,27-,28?,29+,37+/m0/s1.